The molecule has 0 spiro atoms. The van der Waals surface area contributed by atoms with Gasteiger partial charge < -0.3 is 9.84 Å². The summed E-state index contributed by atoms with van der Waals surface area (Å²) >= 11 is 0. The van der Waals surface area contributed by atoms with Crippen LogP contribution in [0.15, 0.2) is 18.2 Å². The van der Waals surface area contributed by atoms with Crippen molar-refractivity contribution in [2.75, 3.05) is 0 Å². The van der Waals surface area contributed by atoms with Gasteiger partial charge in [0.15, 0.2) is 11.6 Å². The third-order valence-corrected chi connectivity index (χ3v) is 4.61. The zero-order valence-electron chi connectivity index (χ0n) is 12.9. The van der Waals surface area contributed by atoms with Crippen LogP contribution in [-0.4, -0.2) is 11.1 Å². The molecule has 1 N–H and O–H groups in total. The van der Waals surface area contributed by atoms with Crippen LogP contribution in [0.2, 0.25) is 0 Å². The van der Waals surface area contributed by atoms with Gasteiger partial charge in [0.05, 0.1) is 5.41 Å². The van der Waals surface area contributed by atoms with Crippen LogP contribution in [0.25, 0.3) is 0 Å². The van der Waals surface area contributed by atoms with Crippen LogP contribution < -0.4 is 0 Å². The number of phenols is 1. The number of rotatable bonds is 4. The Balaban J connectivity index is 2.33. The van der Waals surface area contributed by atoms with Gasteiger partial charge in [0.25, 0.3) is 0 Å². The maximum Gasteiger partial charge on any atom is 0.312 e. The summed E-state index contributed by atoms with van der Waals surface area (Å²) in [6.45, 7) is 5.67. The molecule has 1 fully saturated rings. The molecule has 3 nitrogen and oxygen atoms in total. The number of hydrogen-bond donors (Lipinski definition) is 1. The zero-order chi connectivity index (χ0) is 15.7. The largest absolute Gasteiger partial charge is 0.505 e. The number of benzene rings is 1. The summed E-state index contributed by atoms with van der Waals surface area (Å²) in [7, 11) is 0. The van der Waals surface area contributed by atoms with Crippen molar-refractivity contribution in [1.82, 2.24) is 0 Å². The van der Waals surface area contributed by atoms with Crippen LogP contribution >= 0.6 is 0 Å². The monoisotopic (exact) mass is 294 g/mol. The summed E-state index contributed by atoms with van der Waals surface area (Å²) in [6, 6.07) is 4.21. The Kier molecular flexibility index (Phi) is 4.26. The van der Waals surface area contributed by atoms with Gasteiger partial charge in [-0.15, -0.1) is 0 Å². The molecule has 2 rings (SSSR count). The van der Waals surface area contributed by atoms with Crippen molar-refractivity contribution in [3.63, 3.8) is 0 Å². The Morgan fingerprint density at radius 2 is 2.00 bits per heavy atom. The highest BCUT2D eigenvalue weighted by atomic mass is 19.1. The molecule has 1 aromatic carbocycles. The van der Waals surface area contributed by atoms with E-state index < -0.39 is 22.6 Å². The maximum atomic E-state index is 13.3. The van der Waals surface area contributed by atoms with E-state index in [1.165, 1.54) is 12.1 Å². The fourth-order valence-electron chi connectivity index (χ4n) is 2.65. The summed E-state index contributed by atoms with van der Waals surface area (Å²) in [5.74, 6) is -1.30. The van der Waals surface area contributed by atoms with E-state index in [0.29, 0.717) is 24.8 Å². The highest BCUT2D eigenvalue weighted by molar-refractivity contribution is 5.76. The summed E-state index contributed by atoms with van der Waals surface area (Å²) < 4.78 is 19.1. The van der Waals surface area contributed by atoms with E-state index in [1.54, 1.807) is 6.07 Å². The Morgan fingerprint density at radius 1 is 1.38 bits per heavy atom. The average molecular weight is 294 g/mol. The minimum Gasteiger partial charge on any atom is -0.505 e. The number of halogens is 1. The Morgan fingerprint density at radius 3 is 2.52 bits per heavy atom. The van der Waals surface area contributed by atoms with Gasteiger partial charge in [-0.2, -0.15) is 0 Å². The van der Waals surface area contributed by atoms with Crippen LogP contribution in [-0.2, 0) is 15.1 Å². The smallest absolute Gasteiger partial charge is 0.312 e. The van der Waals surface area contributed by atoms with Crippen molar-refractivity contribution in [1.29, 1.82) is 0 Å². The van der Waals surface area contributed by atoms with Gasteiger partial charge in [0, 0.05) is 0 Å². The first-order valence-electron chi connectivity index (χ1n) is 7.53. The molecule has 0 atom stereocenters. The van der Waals surface area contributed by atoms with E-state index in [9.17, 15) is 14.3 Å². The number of carbonyl (C=O) groups is 1. The summed E-state index contributed by atoms with van der Waals surface area (Å²) in [5.41, 5.74) is -0.592. The van der Waals surface area contributed by atoms with E-state index in [-0.39, 0.29) is 5.97 Å². The van der Waals surface area contributed by atoms with Crippen molar-refractivity contribution in [2.45, 2.75) is 58.5 Å². The Hall–Kier alpha value is -1.58. The van der Waals surface area contributed by atoms with Gasteiger partial charge in [-0.1, -0.05) is 13.0 Å². The van der Waals surface area contributed by atoms with Gasteiger partial charge >= 0.3 is 5.97 Å². The second kappa shape index (κ2) is 5.66. The molecule has 1 saturated carbocycles. The molecule has 0 aliphatic heterocycles. The molecule has 21 heavy (non-hydrogen) atoms. The standard InChI is InChI=1S/C17H23FO3/c1-4-16(2,3)15(20)21-17(9-5-6-10-17)12-7-8-13(18)14(19)11-12/h7-8,11,19H,4-6,9-10H2,1-3H3. The average Bonchev–Trinajstić information content (AvgIpc) is 2.91. The fraction of sp³-hybridized carbons (Fsp3) is 0.588. The number of phenolic OH excluding ortho intramolecular Hbond substituents is 1. The molecular formula is C17H23FO3. The lowest BCUT2D eigenvalue weighted by Crippen LogP contribution is -2.36. The van der Waals surface area contributed by atoms with E-state index in [1.807, 2.05) is 20.8 Å². The van der Waals surface area contributed by atoms with Gasteiger partial charge in [-0.25, -0.2) is 4.39 Å². The predicted molar refractivity (Wildman–Crippen MR) is 78.4 cm³/mol. The number of ether oxygens (including phenoxy) is 1. The third kappa shape index (κ3) is 3.04. The number of hydrogen-bond acceptors (Lipinski definition) is 3. The summed E-state index contributed by atoms with van der Waals surface area (Å²) in [4.78, 5) is 12.4. The van der Waals surface area contributed by atoms with Crippen LogP contribution in [0, 0.1) is 11.2 Å². The highest BCUT2D eigenvalue weighted by Gasteiger charge is 2.42. The first kappa shape index (κ1) is 15.8. The lowest BCUT2D eigenvalue weighted by atomic mass is 9.88. The van der Waals surface area contributed by atoms with Crippen LogP contribution in [0.3, 0.4) is 0 Å². The van der Waals surface area contributed by atoms with E-state index in [0.717, 1.165) is 12.8 Å². The molecule has 0 radical (unpaired) electrons. The normalized spacial score (nSPS) is 17.7. The molecule has 4 heteroatoms. The minimum absolute atomic E-state index is 0.240. The molecule has 116 valence electrons. The Labute approximate surface area is 125 Å². The minimum atomic E-state index is -0.727. The summed E-state index contributed by atoms with van der Waals surface area (Å²) in [5, 5.41) is 9.60. The zero-order valence-corrected chi connectivity index (χ0v) is 12.9. The van der Waals surface area contributed by atoms with Crippen molar-refractivity contribution in [3.05, 3.63) is 29.6 Å². The van der Waals surface area contributed by atoms with Gasteiger partial charge in [0.1, 0.15) is 5.60 Å². The van der Waals surface area contributed by atoms with Crippen molar-refractivity contribution < 1.29 is 19.0 Å². The number of aromatic hydroxyl groups is 1. The predicted octanol–water partition coefficient (Wildman–Crippen LogP) is 4.28. The van der Waals surface area contributed by atoms with Crippen molar-refractivity contribution in [3.8, 4) is 5.75 Å². The quantitative estimate of drug-likeness (QED) is 0.843. The number of esters is 1. The van der Waals surface area contributed by atoms with Gasteiger partial charge in [-0.05, 0) is 63.6 Å². The second-order valence-corrected chi connectivity index (χ2v) is 6.49. The highest BCUT2D eigenvalue weighted by Crippen LogP contribution is 2.44. The summed E-state index contributed by atoms with van der Waals surface area (Å²) in [6.07, 6.45) is 4.03. The fourth-order valence-corrected chi connectivity index (χ4v) is 2.65. The molecule has 1 aliphatic rings. The first-order valence-corrected chi connectivity index (χ1v) is 7.53. The van der Waals surface area contributed by atoms with Crippen molar-refractivity contribution in [2.24, 2.45) is 5.41 Å². The van der Waals surface area contributed by atoms with Gasteiger partial charge in [-0.3, -0.25) is 4.79 Å². The molecule has 0 amide bonds. The molecule has 0 bridgehead atoms. The topological polar surface area (TPSA) is 46.5 Å². The molecule has 1 aliphatic carbocycles. The van der Waals surface area contributed by atoms with Crippen LogP contribution in [0.1, 0.15) is 58.4 Å². The second-order valence-electron chi connectivity index (χ2n) is 6.49. The SMILES string of the molecule is CCC(C)(C)C(=O)OC1(c2ccc(F)c(O)c2)CCCC1. The van der Waals surface area contributed by atoms with Crippen molar-refractivity contribution >= 4 is 5.97 Å². The lowest BCUT2D eigenvalue weighted by Gasteiger charge is -2.33. The van der Waals surface area contributed by atoms with E-state index >= 15 is 0 Å². The van der Waals surface area contributed by atoms with Gasteiger partial charge in [0.2, 0.25) is 0 Å². The van der Waals surface area contributed by atoms with E-state index in [2.05, 4.69) is 0 Å². The Bertz CT molecular complexity index is 531. The van der Waals surface area contributed by atoms with Crippen LogP contribution in [0.5, 0.6) is 5.75 Å². The molecule has 1 aromatic rings. The van der Waals surface area contributed by atoms with Crippen LogP contribution in [0.4, 0.5) is 4.39 Å². The molecule has 0 unspecified atom stereocenters. The number of carbonyl (C=O) groups excluding carboxylic acids is 1. The molecule has 0 saturated heterocycles. The van der Waals surface area contributed by atoms with E-state index in [4.69, 9.17) is 4.74 Å². The molecule has 0 heterocycles. The molecule has 0 aromatic heterocycles. The maximum absolute atomic E-state index is 13.3. The lowest BCUT2D eigenvalue weighted by molar-refractivity contribution is -0.171. The molecular weight excluding hydrogens is 271 g/mol. The third-order valence-electron chi connectivity index (χ3n) is 4.61. The first-order chi connectivity index (χ1) is 9.81.